The van der Waals surface area contributed by atoms with Crippen LogP contribution >= 0.6 is 0 Å². The number of aryl methyl sites for hydroxylation is 1. The van der Waals surface area contributed by atoms with E-state index >= 15 is 0 Å². The summed E-state index contributed by atoms with van der Waals surface area (Å²) >= 11 is 0. The number of aliphatic hydroxyl groups excluding tert-OH is 1. The van der Waals surface area contributed by atoms with Crippen molar-refractivity contribution >= 4 is 5.97 Å². The van der Waals surface area contributed by atoms with Crippen molar-refractivity contribution in [3.05, 3.63) is 11.4 Å². The van der Waals surface area contributed by atoms with Crippen molar-refractivity contribution in [3.8, 4) is 0 Å². The van der Waals surface area contributed by atoms with Crippen molar-refractivity contribution < 1.29 is 14.6 Å². The highest BCUT2D eigenvalue weighted by molar-refractivity contribution is 5.88. The summed E-state index contributed by atoms with van der Waals surface area (Å²) in [5.74, 6) is -0.464. The zero-order chi connectivity index (χ0) is 13.0. The fourth-order valence-electron chi connectivity index (χ4n) is 2.21. The van der Waals surface area contributed by atoms with E-state index in [9.17, 15) is 4.79 Å². The number of aromatic nitrogens is 3. The topological polar surface area (TPSA) is 89.3 Å². The summed E-state index contributed by atoms with van der Waals surface area (Å²) in [6.45, 7) is 1.56. The van der Waals surface area contributed by atoms with Crippen LogP contribution in [0.2, 0.25) is 0 Å². The molecule has 1 aliphatic heterocycles. The number of methoxy groups -OCH3 is 1. The Bertz CT molecular complexity index is 412. The Morgan fingerprint density at radius 1 is 1.67 bits per heavy atom. The number of nitrogens with zero attached hydrogens (tertiary/aromatic N) is 3. The lowest BCUT2D eigenvalue weighted by Crippen LogP contribution is -2.21. The Balaban J connectivity index is 2.29. The number of hydrogen-bond acceptors (Lipinski definition) is 6. The highest BCUT2D eigenvalue weighted by Gasteiger charge is 2.28. The van der Waals surface area contributed by atoms with Gasteiger partial charge in [0.1, 0.15) is 0 Å². The van der Waals surface area contributed by atoms with E-state index in [1.807, 2.05) is 0 Å². The molecular weight excluding hydrogens is 236 g/mol. The summed E-state index contributed by atoms with van der Waals surface area (Å²) in [6, 6.07) is 0.0905. The van der Waals surface area contributed by atoms with Gasteiger partial charge in [0.2, 0.25) is 0 Å². The highest BCUT2D eigenvalue weighted by atomic mass is 16.5. The smallest absolute Gasteiger partial charge is 0.360 e. The second kappa shape index (κ2) is 5.92. The Morgan fingerprint density at radius 3 is 3.11 bits per heavy atom. The first-order chi connectivity index (χ1) is 8.77. The number of hydrogen-bond donors (Lipinski definition) is 2. The Hall–Kier alpha value is -1.47. The number of ether oxygens (including phenoxy) is 1. The number of carbonyl (C=O) groups excluding carboxylic acids is 1. The monoisotopic (exact) mass is 254 g/mol. The third-order valence-corrected chi connectivity index (χ3v) is 3.07. The van der Waals surface area contributed by atoms with Gasteiger partial charge in [-0.05, 0) is 25.8 Å². The molecule has 0 aliphatic carbocycles. The molecule has 1 aliphatic rings. The van der Waals surface area contributed by atoms with Crippen LogP contribution in [0.4, 0.5) is 0 Å². The van der Waals surface area contributed by atoms with Gasteiger partial charge in [-0.1, -0.05) is 5.21 Å². The minimum absolute atomic E-state index is 0.0882. The standard InChI is InChI=1S/C11H18N4O3/c1-18-11(17)9-10(8-4-2-5-12-8)15(14-13-9)6-3-7-16/h8,12,16H,2-7H2,1H3. The molecule has 7 nitrogen and oxygen atoms in total. The maximum atomic E-state index is 11.7. The van der Waals surface area contributed by atoms with Gasteiger partial charge < -0.3 is 15.2 Å². The summed E-state index contributed by atoms with van der Waals surface area (Å²) in [5.41, 5.74) is 1.04. The lowest BCUT2D eigenvalue weighted by atomic mass is 10.1. The van der Waals surface area contributed by atoms with Crippen molar-refractivity contribution in [3.63, 3.8) is 0 Å². The Labute approximate surface area is 105 Å². The van der Waals surface area contributed by atoms with Gasteiger partial charge in [-0.25, -0.2) is 9.48 Å². The average Bonchev–Trinajstić information content (AvgIpc) is 3.03. The Morgan fingerprint density at radius 2 is 2.50 bits per heavy atom. The molecular formula is C11H18N4O3. The van der Waals surface area contributed by atoms with Crippen LogP contribution in [0.1, 0.15) is 41.5 Å². The van der Waals surface area contributed by atoms with Crippen molar-refractivity contribution in [2.24, 2.45) is 0 Å². The fraction of sp³-hybridized carbons (Fsp3) is 0.727. The minimum Gasteiger partial charge on any atom is -0.464 e. The first-order valence-corrected chi connectivity index (χ1v) is 6.14. The molecule has 0 radical (unpaired) electrons. The predicted molar refractivity (Wildman–Crippen MR) is 63.0 cm³/mol. The average molecular weight is 254 g/mol. The minimum atomic E-state index is -0.464. The molecule has 18 heavy (non-hydrogen) atoms. The molecule has 1 aromatic rings. The number of nitrogens with one attached hydrogen (secondary N) is 1. The number of carbonyl (C=O) groups is 1. The summed E-state index contributed by atoms with van der Waals surface area (Å²) in [4.78, 5) is 11.7. The summed E-state index contributed by atoms with van der Waals surface area (Å²) in [6.07, 6.45) is 2.61. The van der Waals surface area contributed by atoms with Crippen LogP contribution in [0.25, 0.3) is 0 Å². The van der Waals surface area contributed by atoms with E-state index in [1.165, 1.54) is 7.11 Å². The fourth-order valence-corrected chi connectivity index (χ4v) is 2.21. The van der Waals surface area contributed by atoms with Gasteiger partial charge in [0.25, 0.3) is 0 Å². The molecule has 0 spiro atoms. The van der Waals surface area contributed by atoms with E-state index in [4.69, 9.17) is 9.84 Å². The molecule has 7 heteroatoms. The summed E-state index contributed by atoms with van der Waals surface area (Å²) < 4.78 is 6.41. The highest BCUT2D eigenvalue weighted by Crippen LogP contribution is 2.25. The van der Waals surface area contributed by atoms with Crippen LogP contribution in [0.15, 0.2) is 0 Å². The third-order valence-electron chi connectivity index (χ3n) is 3.07. The first-order valence-electron chi connectivity index (χ1n) is 6.14. The molecule has 1 aromatic heterocycles. The maximum Gasteiger partial charge on any atom is 0.360 e. The quantitative estimate of drug-likeness (QED) is 0.712. The molecule has 1 atom stereocenters. The van der Waals surface area contributed by atoms with Crippen molar-refractivity contribution in [2.45, 2.75) is 31.8 Å². The first kappa shape index (κ1) is 13.0. The van der Waals surface area contributed by atoms with Crippen molar-refractivity contribution in [1.29, 1.82) is 0 Å². The molecule has 0 amide bonds. The molecule has 2 heterocycles. The third kappa shape index (κ3) is 2.51. The van der Waals surface area contributed by atoms with E-state index in [-0.39, 0.29) is 18.3 Å². The van der Waals surface area contributed by atoms with Crippen molar-refractivity contribution in [2.75, 3.05) is 20.3 Å². The van der Waals surface area contributed by atoms with Gasteiger partial charge in [-0.3, -0.25) is 0 Å². The van der Waals surface area contributed by atoms with E-state index in [0.29, 0.717) is 13.0 Å². The van der Waals surface area contributed by atoms with Gasteiger partial charge in [0.15, 0.2) is 5.69 Å². The van der Waals surface area contributed by atoms with E-state index in [2.05, 4.69) is 15.6 Å². The van der Waals surface area contributed by atoms with Gasteiger partial charge in [0, 0.05) is 13.2 Å². The van der Waals surface area contributed by atoms with E-state index in [0.717, 1.165) is 25.1 Å². The normalized spacial score (nSPS) is 19.1. The van der Waals surface area contributed by atoms with Crippen LogP contribution in [0, 0.1) is 0 Å². The molecule has 2 rings (SSSR count). The molecule has 1 saturated heterocycles. The maximum absolute atomic E-state index is 11.7. The van der Waals surface area contributed by atoms with Crippen LogP contribution in [0.5, 0.6) is 0 Å². The zero-order valence-corrected chi connectivity index (χ0v) is 10.4. The molecule has 1 fully saturated rings. The predicted octanol–water partition coefficient (Wildman–Crippen LogP) is -0.128. The lowest BCUT2D eigenvalue weighted by molar-refractivity contribution is 0.0591. The molecule has 0 bridgehead atoms. The zero-order valence-electron chi connectivity index (χ0n) is 10.4. The second-order valence-corrected chi connectivity index (χ2v) is 4.26. The lowest BCUT2D eigenvalue weighted by Gasteiger charge is -2.13. The summed E-state index contributed by atoms with van der Waals surface area (Å²) in [5, 5.41) is 20.1. The Kier molecular flexibility index (Phi) is 4.27. The number of aliphatic hydroxyl groups is 1. The number of esters is 1. The van der Waals surface area contributed by atoms with E-state index < -0.39 is 5.97 Å². The van der Waals surface area contributed by atoms with Crippen LogP contribution in [0.3, 0.4) is 0 Å². The second-order valence-electron chi connectivity index (χ2n) is 4.26. The molecule has 2 N–H and O–H groups in total. The molecule has 0 aromatic carbocycles. The molecule has 100 valence electrons. The van der Waals surface area contributed by atoms with Gasteiger partial charge in [0.05, 0.1) is 18.8 Å². The van der Waals surface area contributed by atoms with E-state index in [1.54, 1.807) is 4.68 Å². The van der Waals surface area contributed by atoms with Crippen molar-refractivity contribution in [1.82, 2.24) is 20.3 Å². The SMILES string of the molecule is COC(=O)c1nnn(CCCO)c1C1CCCN1. The van der Waals surface area contributed by atoms with Gasteiger partial charge >= 0.3 is 5.97 Å². The van der Waals surface area contributed by atoms with Crippen LogP contribution in [-0.2, 0) is 11.3 Å². The largest absolute Gasteiger partial charge is 0.464 e. The number of rotatable bonds is 5. The molecule has 0 saturated carbocycles. The summed E-state index contributed by atoms with van der Waals surface area (Å²) in [7, 11) is 1.33. The van der Waals surface area contributed by atoms with Gasteiger partial charge in [-0.2, -0.15) is 0 Å². The van der Waals surface area contributed by atoms with Crippen LogP contribution in [-0.4, -0.2) is 46.3 Å². The molecule has 1 unspecified atom stereocenters. The van der Waals surface area contributed by atoms with Gasteiger partial charge in [-0.15, -0.1) is 5.10 Å². The van der Waals surface area contributed by atoms with Crippen LogP contribution < -0.4 is 5.32 Å².